The second-order valence-corrected chi connectivity index (χ2v) is 8.75. The van der Waals surface area contributed by atoms with Crippen molar-refractivity contribution in [2.24, 2.45) is 0 Å². The zero-order chi connectivity index (χ0) is 9.19. The minimum Gasteiger partial charge on any atom is -0.411 e. The highest BCUT2D eigenvalue weighted by Gasteiger charge is 2.11. The monoisotopic (exact) mass is 180 g/mol. The molecule has 0 aromatic heterocycles. The Morgan fingerprint density at radius 2 is 1.58 bits per heavy atom. The Morgan fingerprint density at radius 3 is 2.00 bits per heavy atom. The van der Waals surface area contributed by atoms with Gasteiger partial charge >= 0.3 is 0 Å². The van der Waals surface area contributed by atoms with E-state index in [4.69, 9.17) is 5.73 Å². The van der Waals surface area contributed by atoms with Gasteiger partial charge in [-0.05, 0) is 24.3 Å². The number of hydrogen-bond donors (Lipinski definition) is 2. The number of rotatable bonds is 2. The summed E-state index contributed by atoms with van der Waals surface area (Å²) in [5.74, 6) is 0. The Bertz CT molecular complexity index is 248. The van der Waals surface area contributed by atoms with E-state index in [0.717, 1.165) is 5.69 Å². The van der Waals surface area contributed by atoms with Gasteiger partial charge in [-0.3, -0.25) is 0 Å². The van der Waals surface area contributed by atoms with Gasteiger partial charge in [-0.2, -0.15) is 0 Å². The molecule has 2 nitrogen and oxygen atoms in total. The molecule has 0 aliphatic rings. The average molecular weight is 180 g/mol. The van der Waals surface area contributed by atoms with Crippen molar-refractivity contribution in [1.82, 2.24) is 0 Å². The van der Waals surface area contributed by atoms with E-state index in [2.05, 4.69) is 24.6 Å². The molecule has 0 bridgehead atoms. The number of nitrogen functional groups attached to an aromatic ring is 1. The second-order valence-electron chi connectivity index (χ2n) is 4.00. The lowest BCUT2D eigenvalue weighted by molar-refractivity contribution is 1.57. The standard InChI is InChI=1S/C9H16N2Si/c1-12(2,3)11-9-6-4-8(10)5-7-9/h4-7,11H,10H2,1-3H3. The van der Waals surface area contributed by atoms with Gasteiger partial charge in [-0.15, -0.1) is 0 Å². The van der Waals surface area contributed by atoms with E-state index in [-0.39, 0.29) is 0 Å². The molecule has 3 heteroatoms. The molecule has 0 fully saturated rings. The average Bonchev–Trinajstić information content (AvgIpc) is 1.91. The second kappa shape index (κ2) is 3.19. The van der Waals surface area contributed by atoms with E-state index in [0.29, 0.717) is 0 Å². The smallest absolute Gasteiger partial charge is 0.144 e. The van der Waals surface area contributed by atoms with E-state index < -0.39 is 8.24 Å². The summed E-state index contributed by atoms with van der Waals surface area (Å²) in [6.45, 7) is 6.80. The zero-order valence-corrected chi connectivity index (χ0v) is 8.89. The van der Waals surface area contributed by atoms with Gasteiger partial charge in [0, 0.05) is 11.4 Å². The quantitative estimate of drug-likeness (QED) is 0.542. The molecular weight excluding hydrogens is 164 g/mol. The van der Waals surface area contributed by atoms with Gasteiger partial charge in [-0.25, -0.2) is 0 Å². The third-order valence-electron chi connectivity index (χ3n) is 1.43. The highest BCUT2D eigenvalue weighted by atomic mass is 28.3. The summed E-state index contributed by atoms with van der Waals surface area (Å²) in [7, 11) is -1.21. The number of nitrogens with two attached hydrogens (primary N) is 1. The van der Waals surface area contributed by atoms with Crippen molar-refractivity contribution < 1.29 is 0 Å². The fourth-order valence-corrected chi connectivity index (χ4v) is 2.03. The molecule has 1 aromatic carbocycles. The summed E-state index contributed by atoms with van der Waals surface area (Å²) in [5, 5.41) is 0. The zero-order valence-electron chi connectivity index (χ0n) is 7.89. The number of hydrogen-bond acceptors (Lipinski definition) is 2. The molecule has 0 radical (unpaired) electrons. The van der Waals surface area contributed by atoms with Crippen molar-refractivity contribution in [3.8, 4) is 0 Å². The van der Waals surface area contributed by atoms with Crippen molar-refractivity contribution in [2.45, 2.75) is 19.6 Å². The molecule has 66 valence electrons. The van der Waals surface area contributed by atoms with Gasteiger partial charge in [-0.1, -0.05) is 19.6 Å². The number of nitrogens with one attached hydrogen (secondary N) is 1. The van der Waals surface area contributed by atoms with Gasteiger partial charge in [0.2, 0.25) is 0 Å². The Kier molecular flexibility index (Phi) is 2.42. The summed E-state index contributed by atoms with van der Waals surface area (Å²) >= 11 is 0. The van der Waals surface area contributed by atoms with Gasteiger partial charge in [0.1, 0.15) is 8.24 Å². The van der Waals surface area contributed by atoms with Crippen molar-refractivity contribution in [3.63, 3.8) is 0 Å². The SMILES string of the molecule is C[Si](C)(C)Nc1ccc(N)cc1. The molecule has 12 heavy (non-hydrogen) atoms. The lowest BCUT2D eigenvalue weighted by atomic mass is 10.3. The molecule has 1 aromatic rings. The molecule has 0 unspecified atom stereocenters. The van der Waals surface area contributed by atoms with Gasteiger partial charge in [0.05, 0.1) is 0 Å². The molecule has 0 saturated heterocycles. The molecule has 3 N–H and O–H groups in total. The van der Waals surface area contributed by atoms with Crippen LogP contribution in [0.25, 0.3) is 0 Å². The van der Waals surface area contributed by atoms with Crippen LogP contribution < -0.4 is 10.7 Å². The van der Waals surface area contributed by atoms with E-state index in [1.807, 2.05) is 24.3 Å². The van der Waals surface area contributed by atoms with Crippen LogP contribution in [-0.2, 0) is 0 Å². The number of benzene rings is 1. The van der Waals surface area contributed by atoms with Crippen LogP contribution >= 0.6 is 0 Å². The molecular formula is C9H16N2Si. The van der Waals surface area contributed by atoms with Crippen LogP contribution in [0.15, 0.2) is 24.3 Å². The van der Waals surface area contributed by atoms with Crippen molar-refractivity contribution in [3.05, 3.63) is 24.3 Å². The lowest BCUT2D eigenvalue weighted by Gasteiger charge is -2.19. The fraction of sp³-hybridized carbons (Fsp3) is 0.333. The van der Waals surface area contributed by atoms with E-state index >= 15 is 0 Å². The van der Waals surface area contributed by atoms with Crippen molar-refractivity contribution in [2.75, 3.05) is 10.7 Å². The summed E-state index contributed by atoms with van der Waals surface area (Å²) in [6, 6.07) is 7.88. The van der Waals surface area contributed by atoms with Crippen LogP contribution in [0, 0.1) is 0 Å². The van der Waals surface area contributed by atoms with Crippen LogP contribution in [0.2, 0.25) is 19.6 Å². The molecule has 1 rings (SSSR count). The third kappa shape index (κ3) is 2.96. The molecule has 0 saturated carbocycles. The summed E-state index contributed by atoms with van der Waals surface area (Å²) in [4.78, 5) is 3.49. The molecule has 0 spiro atoms. The first-order chi connectivity index (χ1) is 5.47. The van der Waals surface area contributed by atoms with Crippen molar-refractivity contribution in [1.29, 1.82) is 0 Å². The van der Waals surface area contributed by atoms with Crippen LogP contribution in [0.3, 0.4) is 0 Å². The Balaban J connectivity index is 2.71. The third-order valence-corrected chi connectivity index (χ3v) is 2.47. The summed E-state index contributed by atoms with van der Waals surface area (Å²) in [5.41, 5.74) is 7.56. The van der Waals surface area contributed by atoms with Crippen LogP contribution in [0.4, 0.5) is 11.4 Å². The van der Waals surface area contributed by atoms with Gasteiger partial charge < -0.3 is 10.7 Å². The summed E-state index contributed by atoms with van der Waals surface area (Å²) < 4.78 is 0. The molecule has 0 aliphatic heterocycles. The minimum atomic E-state index is -1.21. The minimum absolute atomic E-state index is 0.816. The maximum atomic E-state index is 5.57. The maximum Gasteiger partial charge on any atom is 0.144 e. The first-order valence-electron chi connectivity index (χ1n) is 4.11. The summed E-state index contributed by atoms with van der Waals surface area (Å²) in [6.07, 6.45) is 0. The van der Waals surface area contributed by atoms with Crippen LogP contribution in [-0.4, -0.2) is 8.24 Å². The first-order valence-corrected chi connectivity index (χ1v) is 7.61. The molecule has 0 amide bonds. The fourth-order valence-electron chi connectivity index (χ4n) is 0.999. The van der Waals surface area contributed by atoms with Crippen LogP contribution in [0.1, 0.15) is 0 Å². The van der Waals surface area contributed by atoms with Gasteiger partial charge in [0.25, 0.3) is 0 Å². The van der Waals surface area contributed by atoms with Crippen LogP contribution in [0.5, 0.6) is 0 Å². The largest absolute Gasteiger partial charge is 0.411 e. The Labute approximate surface area is 74.9 Å². The van der Waals surface area contributed by atoms with Gasteiger partial charge in [0.15, 0.2) is 0 Å². The maximum absolute atomic E-state index is 5.57. The Morgan fingerprint density at radius 1 is 1.08 bits per heavy atom. The van der Waals surface area contributed by atoms with E-state index in [1.165, 1.54) is 5.69 Å². The Hall–Kier alpha value is -0.963. The van der Waals surface area contributed by atoms with Crippen molar-refractivity contribution >= 4 is 19.6 Å². The molecule has 0 atom stereocenters. The molecule has 0 aliphatic carbocycles. The first kappa shape index (κ1) is 9.13. The lowest BCUT2D eigenvalue weighted by Crippen LogP contribution is -2.32. The highest BCUT2D eigenvalue weighted by molar-refractivity contribution is 6.79. The highest BCUT2D eigenvalue weighted by Crippen LogP contribution is 2.13. The van der Waals surface area contributed by atoms with E-state index in [1.54, 1.807) is 0 Å². The van der Waals surface area contributed by atoms with E-state index in [9.17, 15) is 0 Å². The molecule has 0 heterocycles. The predicted molar refractivity (Wildman–Crippen MR) is 57.8 cm³/mol. The topological polar surface area (TPSA) is 38.0 Å². The predicted octanol–water partition coefficient (Wildman–Crippen LogP) is 2.52. The number of anilines is 2. The normalized spacial score (nSPS) is 11.2.